The number of aromatic nitrogens is 2. The van der Waals surface area contributed by atoms with E-state index in [-0.39, 0.29) is 0 Å². The molecule has 0 bridgehead atoms. The molecule has 1 aromatic carbocycles. The first-order valence-electron chi connectivity index (χ1n) is 4.88. The highest BCUT2D eigenvalue weighted by Crippen LogP contribution is 2.18. The van der Waals surface area contributed by atoms with E-state index in [1.807, 2.05) is 6.33 Å². The fourth-order valence-electron chi connectivity index (χ4n) is 1.58. The maximum Gasteiger partial charge on any atom is 0.0995 e. The summed E-state index contributed by atoms with van der Waals surface area (Å²) in [6, 6.07) is 6.31. The average molecular weight is 265 g/mol. The Balaban J connectivity index is 2.49. The van der Waals surface area contributed by atoms with E-state index in [9.17, 15) is 0 Å². The van der Waals surface area contributed by atoms with Crippen molar-refractivity contribution >= 4 is 15.9 Å². The summed E-state index contributed by atoms with van der Waals surface area (Å²) in [5.41, 5.74) is 4.86. The van der Waals surface area contributed by atoms with Crippen LogP contribution in [-0.4, -0.2) is 9.55 Å². The Kier molecular flexibility index (Phi) is 2.91. The minimum Gasteiger partial charge on any atom is -0.306 e. The van der Waals surface area contributed by atoms with Crippen molar-refractivity contribution in [2.45, 2.75) is 19.2 Å². The zero-order chi connectivity index (χ0) is 10.8. The number of nitrogens with zero attached hydrogens (tertiary/aromatic N) is 2. The number of benzene rings is 1. The van der Waals surface area contributed by atoms with Crippen molar-refractivity contribution in [1.82, 2.24) is 9.55 Å². The van der Waals surface area contributed by atoms with E-state index in [1.54, 1.807) is 0 Å². The molecule has 0 amide bonds. The second kappa shape index (κ2) is 4.19. The Morgan fingerprint density at radius 3 is 2.80 bits per heavy atom. The number of halogens is 1. The van der Waals surface area contributed by atoms with Crippen LogP contribution in [-0.2, 0) is 5.33 Å². The van der Waals surface area contributed by atoms with Crippen molar-refractivity contribution in [3.63, 3.8) is 0 Å². The van der Waals surface area contributed by atoms with E-state index in [4.69, 9.17) is 0 Å². The van der Waals surface area contributed by atoms with Crippen LogP contribution in [0.4, 0.5) is 0 Å². The van der Waals surface area contributed by atoms with Crippen molar-refractivity contribution in [3.8, 4) is 5.69 Å². The molecule has 0 spiro atoms. The van der Waals surface area contributed by atoms with E-state index in [1.165, 1.54) is 16.8 Å². The molecule has 2 nitrogen and oxygen atoms in total. The zero-order valence-electron chi connectivity index (χ0n) is 8.87. The molecule has 0 N–H and O–H groups in total. The average Bonchev–Trinajstić information content (AvgIpc) is 2.70. The number of aryl methyl sites for hydroxylation is 1. The van der Waals surface area contributed by atoms with Crippen molar-refractivity contribution in [3.05, 3.63) is 47.5 Å². The van der Waals surface area contributed by atoms with Crippen LogP contribution in [0.2, 0.25) is 0 Å². The van der Waals surface area contributed by atoms with Crippen molar-refractivity contribution in [2.75, 3.05) is 0 Å². The third kappa shape index (κ3) is 1.97. The van der Waals surface area contributed by atoms with E-state index in [2.05, 4.69) is 63.7 Å². The molecule has 2 aromatic rings. The third-order valence-corrected chi connectivity index (χ3v) is 3.20. The van der Waals surface area contributed by atoms with Gasteiger partial charge in [0.25, 0.3) is 0 Å². The molecule has 0 aliphatic rings. The van der Waals surface area contributed by atoms with Crippen LogP contribution in [0.3, 0.4) is 0 Å². The predicted molar refractivity (Wildman–Crippen MR) is 65.7 cm³/mol. The first kappa shape index (κ1) is 10.4. The van der Waals surface area contributed by atoms with E-state index >= 15 is 0 Å². The maximum atomic E-state index is 4.30. The standard InChI is InChI=1S/C12H13BrN2/c1-9-4-3-5-12(10(9)2)15-7-11(6-13)14-8-15/h3-5,7-8H,6H2,1-2H3. The summed E-state index contributed by atoms with van der Waals surface area (Å²) >= 11 is 3.40. The molecule has 78 valence electrons. The summed E-state index contributed by atoms with van der Waals surface area (Å²) in [6.45, 7) is 4.26. The second-order valence-corrected chi connectivity index (χ2v) is 4.19. The molecule has 0 atom stereocenters. The Bertz CT molecular complexity index is 474. The molecular weight excluding hydrogens is 252 g/mol. The van der Waals surface area contributed by atoms with Crippen LogP contribution in [0.15, 0.2) is 30.7 Å². The highest BCUT2D eigenvalue weighted by atomic mass is 79.9. The molecule has 1 aromatic heterocycles. The number of hydrogen-bond acceptors (Lipinski definition) is 1. The van der Waals surface area contributed by atoms with Crippen LogP contribution in [0.25, 0.3) is 5.69 Å². The van der Waals surface area contributed by atoms with Crippen molar-refractivity contribution in [1.29, 1.82) is 0 Å². The van der Waals surface area contributed by atoms with E-state index in [0.29, 0.717) is 0 Å². The van der Waals surface area contributed by atoms with Gasteiger partial charge in [-0.2, -0.15) is 0 Å². The van der Waals surface area contributed by atoms with Gasteiger partial charge < -0.3 is 4.57 Å². The largest absolute Gasteiger partial charge is 0.306 e. The Morgan fingerprint density at radius 1 is 1.33 bits per heavy atom. The quantitative estimate of drug-likeness (QED) is 0.761. The normalized spacial score (nSPS) is 10.6. The van der Waals surface area contributed by atoms with Gasteiger partial charge in [-0.1, -0.05) is 28.1 Å². The molecular formula is C12H13BrN2. The number of imidazole rings is 1. The molecule has 3 heteroatoms. The fourth-order valence-corrected chi connectivity index (χ4v) is 1.87. The lowest BCUT2D eigenvalue weighted by molar-refractivity contribution is 1.03. The van der Waals surface area contributed by atoms with Gasteiger partial charge in [0.2, 0.25) is 0 Å². The monoisotopic (exact) mass is 264 g/mol. The van der Waals surface area contributed by atoms with Crippen LogP contribution in [0.1, 0.15) is 16.8 Å². The second-order valence-electron chi connectivity index (χ2n) is 3.62. The summed E-state index contributed by atoms with van der Waals surface area (Å²) in [5.74, 6) is 0. The van der Waals surface area contributed by atoms with Crippen LogP contribution in [0, 0.1) is 13.8 Å². The Morgan fingerprint density at radius 2 is 2.13 bits per heavy atom. The highest BCUT2D eigenvalue weighted by molar-refractivity contribution is 9.08. The lowest BCUT2D eigenvalue weighted by Crippen LogP contribution is -1.95. The molecule has 1 heterocycles. The summed E-state index contributed by atoms with van der Waals surface area (Å²) in [5, 5.41) is 0.796. The molecule has 2 rings (SSSR count). The van der Waals surface area contributed by atoms with Gasteiger partial charge in [0.15, 0.2) is 0 Å². The topological polar surface area (TPSA) is 17.8 Å². The van der Waals surface area contributed by atoms with Gasteiger partial charge in [0.05, 0.1) is 12.0 Å². The molecule has 0 fully saturated rings. The first-order chi connectivity index (χ1) is 7.22. The molecule has 15 heavy (non-hydrogen) atoms. The van der Waals surface area contributed by atoms with E-state index < -0.39 is 0 Å². The predicted octanol–water partition coefficient (Wildman–Crippen LogP) is 3.38. The number of rotatable bonds is 2. The van der Waals surface area contributed by atoms with Crippen LogP contribution in [0.5, 0.6) is 0 Å². The minimum atomic E-state index is 0.796. The van der Waals surface area contributed by atoms with Gasteiger partial charge in [0, 0.05) is 17.2 Å². The third-order valence-electron chi connectivity index (χ3n) is 2.63. The minimum absolute atomic E-state index is 0.796. The van der Waals surface area contributed by atoms with Gasteiger partial charge in [-0.3, -0.25) is 0 Å². The Hall–Kier alpha value is -1.09. The van der Waals surface area contributed by atoms with Gasteiger partial charge >= 0.3 is 0 Å². The lowest BCUT2D eigenvalue weighted by atomic mass is 10.1. The van der Waals surface area contributed by atoms with Crippen molar-refractivity contribution in [2.24, 2.45) is 0 Å². The molecule has 0 aliphatic carbocycles. The van der Waals surface area contributed by atoms with E-state index in [0.717, 1.165) is 11.0 Å². The van der Waals surface area contributed by atoms with Gasteiger partial charge in [-0.05, 0) is 31.0 Å². The fraction of sp³-hybridized carbons (Fsp3) is 0.250. The van der Waals surface area contributed by atoms with Crippen LogP contribution < -0.4 is 0 Å². The summed E-state index contributed by atoms with van der Waals surface area (Å²) < 4.78 is 2.07. The highest BCUT2D eigenvalue weighted by Gasteiger charge is 2.03. The Labute approximate surface area is 98.1 Å². The molecule has 0 aliphatic heterocycles. The van der Waals surface area contributed by atoms with Crippen LogP contribution >= 0.6 is 15.9 Å². The van der Waals surface area contributed by atoms with Gasteiger partial charge in [-0.25, -0.2) is 4.98 Å². The molecule has 0 radical (unpaired) electrons. The smallest absolute Gasteiger partial charge is 0.0995 e. The number of hydrogen-bond donors (Lipinski definition) is 0. The molecule has 0 saturated heterocycles. The molecule has 0 unspecified atom stereocenters. The van der Waals surface area contributed by atoms with Crippen molar-refractivity contribution < 1.29 is 0 Å². The number of alkyl halides is 1. The maximum absolute atomic E-state index is 4.30. The zero-order valence-corrected chi connectivity index (χ0v) is 10.5. The summed E-state index contributed by atoms with van der Waals surface area (Å²) in [4.78, 5) is 4.30. The lowest BCUT2D eigenvalue weighted by Gasteiger charge is -2.08. The first-order valence-corrected chi connectivity index (χ1v) is 6.00. The SMILES string of the molecule is Cc1cccc(-n2cnc(CBr)c2)c1C. The van der Waals surface area contributed by atoms with Gasteiger partial charge in [0.1, 0.15) is 0 Å². The summed E-state index contributed by atoms with van der Waals surface area (Å²) in [7, 11) is 0. The van der Waals surface area contributed by atoms with Gasteiger partial charge in [-0.15, -0.1) is 0 Å². The summed E-state index contributed by atoms with van der Waals surface area (Å²) in [6.07, 6.45) is 3.91. The molecule has 0 saturated carbocycles.